The van der Waals surface area contributed by atoms with Gasteiger partial charge in [-0.05, 0) is 38.0 Å². The summed E-state index contributed by atoms with van der Waals surface area (Å²) >= 11 is 6.01. The van der Waals surface area contributed by atoms with Gasteiger partial charge in [0, 0.05) is 24.8 Å². The fourth-order valence-corrected chi connectivity index (χ4v) is 2.80. The molecule has 1 aromatic carbocycles. The van der Waals surface area contributed by atoms with Crippen molar-refractivity contribution in [1.29, 1.82) is 0 Å². The third-order valence-corrected chi connectivity index (χ3v) is 4.14. The topological polar surface area (TPSA) is 41.1 Å². The van der Waals surface area contributed by atoms with Gasteiger partial charge >= 0.3 is 6.18 Å². The third kappa shape index (κ3) is 3.72. The van der Waals surface area contributed by atoms with Crippen molar-refractivity contribution in [2.45, 2.75) is 25.9 Å². The highest BCUT2D eigenvalue weighted by atomic mass is 35.5. The van der Waals surface area contributed by atoms with Gasteiger partial charge in [-0.3, -0.25) is 0 Å². The van der Waals surface area contributed by atoms with Gasteiger partial charge in [-0.25, -0.2) is 4.98 Å². The van der Waals surface area contributed by atoms with Crippen molar-refractivity contribution in [3.05, 3.63) is 40.5 Å². The summed E-state index contributed by atoms with van der Waals surface area (Å²) in [5.41, 5.74) is 0.0868. The summed E-state index contributed by atoms with van der Waals surface area (Å²) in [5.74, 6) is 1.00. The highest BCUT2D eigenvalue weighted by Crippen LogP contribution is 2.34. The van der Waals surface area contributed by atoms with Crippen LogP contribution in [-0.4, -0.2) is 23.1 Å². The summed E-state index contributed by atoms with van der Waals surface area (Å²) < 4.78 is 38.6. The molecule has 1 aromatic heterocycles. The maximum atomic E-state index is 12.9. The molecule has 2 heterocycles. The Hall–Kier alpha value is -2.02. The Kier molecular flexibility index (Phi) is 4.54. The van der Waals surface area contributed by atoms with Gasteiger partial charge in [0.05, 0.1) is 16.3 Å². The van der Waals surface area contributed by atoms with Crippen LogP contribution in [0.1, 0.15) is 24.1 Å². The Bertz CT molecular complexity index is 743. The van der Waals surface area contributed by atoms with Crippen molar-refractivity contribution in [1.82, 2.24) is 9.97 Å². The fraction of sp³-hybridized carbons (Fsp3) is 0.375. The number of halogens is 4. The molecule has 24 heavy (non-hydrogen) atoms. The molecular formula is C16H16ClF3N4. The number of alkyl halides is 3. The molecule has 0 saturated carbocycles. The predicted octanol–water partition coefficient (Wildman–Crippen LogP) is 4.80. The molecule has 0 amide bonds. The minimum absolute atomic E-state index is 0.129. The molecular weight excluding hydrogens is 341 g/mol. The average molecular weight is 357 g/mol. The Morgan fingerprint density at radius 3 is 2.50 bits per heavy atom. The van der Waals surface area contributed by atoms with E-state index in [0.717, 1.165) is 49.6 Å². The molecule has 1 fully saturated rings. The van der Waals surface area contributed by atoms with Crippen LogP contribution in [0.3, 0.4) is 0 Å². The lowest BCUT2D eigenvalue weighted by Gasteiger charge is -2.18. The second-order valence-corrected chi connectivity index (χ2v) is 6.11. The van der Waals surface area contributed by atoms with E-state index < -0.39 is 11.7 Å². The van der Waals surface area contributed by atoms with Crippen molar-refractivity contribution in [2.75, 3.05) is 23.3 Å². The largest absolute Gasteiger partial charge is 0.416 e. The molecule has 0 aliphatic carbocycles. The van der Waals surface area contributed by atoms with E-state index in [1.54, 1.807) is 0 Å². The summed E-state index contributed by atoms with van der Waals surface area (Å²) in [4.78, 5) is 10.8. The zero-order valence-electron chi connectivity index (χ0n) is 13.0. The standard InChI is InChI=1S/C16H16ClF3N4/c1-10-8-14(24-6-2-3-7-24)23-15(21-10)22-13-9-11(16(18,19)20)4-5-12(13)17/h4-5,8-9H,2-3,6-7H2,1H3,(H,21,22,23). The summed E-state index contributed by atoms with van der Waals surface area (Å²) in [7, 11) is 0. The van der Waals surface area contributed by atoms with Crippen LogP contribution in [0.5, 0.6) is 0 Å². The van der Waals surface area contributed by atoms with Crippen molar-refractivity contribution in [2.24, 2.45) is 0 Å². The van der Waals surface area contributed by atoms with Crippen LogP contribution in [0.15, 0.2) is 24.3 Å². The fourth-order valence-electron chi connectivity index (χ4n) is 2.63. The summed E-state index contributed by atoms with van der Waals surface area (Å²) in [6, 6.07) is 4.98. The van der Waals surface area contributed by atoms with Crippen molar-refractivity contribution in [3.8, 4) is 0 Å². The van der Waals surface area contributed by atoms with E-state index in [0.29, 0.717) is 0 Å². The molecule has 0 unspecified atom stereocenters. The normalized spacial score (nSPS) is 15.0. The third-order valence-electron chi connectivity index (χ3n) is 3.81. The molecule has 3 rings (SSSR count). The quantitative estimate of drug-likeness (QED) is 0.857. The first-order valence-corrected chi connectivity index (χ1v) is 7.95. The molecule has 1 aliphatic rings. The Morgan fingerprint density at radius 2 is 1.83 bits per heavy atom. The molecule has 0 atom stereocenters. The molecule has 1 saturated heterocycles. The number of aromatic nitrogens is 2. The lowest BCUT2D eigenvalue weighted by molar-refractivity contribution is -0.137. The van der Waals surface area contributed by atoms with E-state index >= 15 is 0 Å². The molecule has 1 N–H and O–H groups in total. The molecule has 128 valence electrons. The van der Waals surface area contributed by atoms with Gasteiger partial charge in [-0.15, -0.1) is 0 Å². The first-order chi connectivity index (χ1) is 11.3. The van der Waals surface area contributed by atoms with Gasteiger partial charge < -0.3 is 10.2 Å². The van der Waals surface area contributed by atoms with Crippen molar-refractivity contribution in [3.63, 3.8) is 0 Å². The van der Waals surface area contributed by atoms with Crippen LogP contribution in [0.2, 0.25) is 5.02 Å². The molecule has 4 nitrogen and oxygen atoms in total. The first-order valence-electron chi connectivity index (χ1n) is 7.57. The van der Waals surface area contributed by atoms with E-state index in [9.17, 15) is 13.2 Å². The molecule has 8 heteroatoms. The molecule has 0 radical (unpaired) electrons. The predicted molar refractivity (Wildman–Crippen MR) is 88.0 cm³/mol. The summed E-state index contributed by atoms with van der Waals surface area (Å²) in [6.07, 6.45) is -2.23. The summed E-state index contributed by atoms with van der Waals surface area (Å²) in [6.45, 7) is 3.65. The van der Waals surface area contributed by atoms with E-state index in [4.69, 9.17) is 11.6 Å². The van der Waals surface area contributed by atoms with Gasteiger partial charge in [0.1, 0.15) is 5.82 Å². The monoisotopic (exact) mass is 356 g/mol. The SMILES string of the molecule is Cc1cc(N2CCCC2)nc(Nc2cc(C(F)(F)F)ccc2Cl)n1. The number of benzene rings is 1. The second-order valence-electron chi connectivity index (χ2n) is 5.70. The number of aryl methyl sites for hydroxylation is 1. The maximum absolute atomic E-state index is 12.9. The van der Waals surface area contributed by atoms with Crippen LogP contribution < -0.4 is 10.2 Å². The van der Waals surface area contributed by atoms with Gasteiger partial charge in [0.25, 0.3) is 0 Å². The van der Waals surface area contributed by atoms with E-state index in [1.807, 2.05) is 13.0 Å². The highest BCUT2D eigenvalue weighted by Gasteiger charge is 2.31. The average Bonchev–Trinajstić information content (AvgIpc) is 3.02. The smallest absolute Gasteiger partial charge is 0.356 e. The second kappa shape index (κ2) is 6.47. The van der Waals surface area contributed by atoms with Crippen LogP contribution in [0, 0.1) is 6.92 Å². The first kappa shape index (κ1) is 16.8. The number of nitrogens with one attached hydrogen (secondary N) is 1. The van der Waals surface area contributed by atoms with Crippen LogP contribution in [0.25, 0.3) is 0 Å². The molecule has 0 bridgehead atoms. The molecule has 1 aliphatic heterocycles. The maximum Gasteiger partial charge on any atom is 0.416 e. The Labute approximate surface area is 142 Å². The number of nitrogens with zero attached hydrogens (tertiary/aromatic N) is 3. The van der Waals surface area contributed by atoms with Gasteiger partial charge in [0.2, 0.25) is 5.95 Å². The van der Waals surface area contributed by atoms with E-state index in [2.05, 4.69) is 20.2 Å². The number of anilines is 3. The van der Waals surface area contributed by atoms with E-state index in [-0.39, 0.29) is 16.7 Å². The number of hydrogen-bond donors (Lipinski definition) is 1. The number of rotatable bonds is 3. The van der Waals surface area contributed by atoms with Crippen molar-refractivity contribution >= 4 is 29.1 Å². The zero-order chi connectivity index (χ0) is 17.3. The van der Waals surface area contributed by atoms with E-state index in [1.165, 1.54) is 6.07 Å². The number of hydrogen-bond acceptors (Lipinski definition) is 4. The minimum Gasteiger partial charge on any atom is -0.356 e. The minimum atomic E-state index is -4.44. The van der Waals surface area contributed by atoms with Gasteiger partial charge in [-0.1, -0.05) is 11.6 Å². The zero-order valence-corrected chi connectivity index (χ0v) is 13.7. The molecule has 0 spiro atoms. The summed E-state index contributed by atoms with van der Waals surface area (Å²) in [5, 5.41) is 2.99. The highest BCUT2D eigenvalue weighted by molar-refractivity contribution is 6.33. The lowest BCUT2D eigenvalue weighted by Crippen LogP contribution is -2.20. The van der Waals surface area contributed by atoms with Gasteiger partial charge in [0.15, 0.2) is 0 Å². The lowest BCUT2D eigenvalue weighted by atomic mass is 10.2. The Morgan fingerprint density at radius 1 is 1.12 bits per heavy atom. The van der Waals surface area contributed by atoms with Crippen LogP contribution in [-0.2, 0) is 6.18 Å². The van der Waals surface area contributed by atoms with Crippen molar-refractivity contribution < 1.29 is 13.2 Å². The van der Waals surface area contributed by atoms with Crippen LogP contribution in [0.4, 0.5) is 30.6 Å². The van der Waals surface area contributed by atoms with Crippen LogP contribution >= 0.6 is 11.6 Å². The Balaban J connectivity index is 1.91. The van der Waals surface area contributed by atoms with Gasteiger partial charge in [-0.2, -0.15) is 18.2 Å². The molecule has 2 aromatic rings.